The van der Waals surface area contributed by atoms with E-state index in [-0.39, 0.29) is 36.8 Å². The zero-order valence-corrected chi connectivity index (χ0v) is 27.2. The second-order valence-electron chi connectivity index (χ2n) is 12.5. The molecule has 2 aromatic carbocycles. The van der Waals surface area contributed by atoms with Crippen LogP contribution in [0.4, 0.5) is 0 Å². The van der Waals surface area contributed by atoms with E-state index in [1.165, 1.54) is 0 Å². The molecule has 11 heteroatoms. The lowest BCUT2D eigenvalue weighted by molar-refractivity contribution is -0.219. The van der Waals surface area contributed by atoms with Crippen LogP contribution in [0, 0.1) is 17.8 Å². The van der Waals surface area contributed by atoms with Crippen molar-refractivity contribution >= 4 is 17.7 Å². The fourth-order valence-electron chi connectivity index (χ4n) is 6.57. The summed E-state index contributed by atoms with van der Waals surface area (Å²) in [4.78, 5) is 45.6. The van der Waals surface area contributed by atoms with Gasteiger partial charge in [-0.15, -0.1) is 0 Å². The van der Waals surface area contributed by atoms with Gasteiger partial charge in [0, 0.05) is 37.9 Å². The fourth-order valence-corrected chi connectivity index (χ4v) is 6.57. The van der Waals surface area contributed by atoms with Crippen LogP contribution < -0.4 is 21.1 Å². The maximum Gasteiger partial charge on any atom is 0.254 e. The van der Waals surface area contributed by atoms with Crippen molar-refractivity contribution in [2.75, 3.05) is 20.2 Å². The smallest absolute Gasteiger partial charge is 0.254 e. The molecule has 0 spiro atoms. The standard InChI is InChI=1S/C36H46N4O7/c1-3-4-6-9-24-11-13-26(14-12-24)23-40-31(34(43)38-21-19-25-15-17-27(45-2)18-16-25)30-32(42)33-28(46-33)22-36(30,47-40)35(44)39-20-8-5-7-10-29(37)41/h11-18,28,30-33,42H,3-5,7-8,10,19-23H2,1-2H3,(H2,37,41)(H,38,43)(H,39,44)/t28-,30+,31-,32-,33-,36-/m0/s1. The van der Waals surface area contributed by atoms with Gasteiger partial charge in [0.1, 0.15) is 17.9 Å². The number of nitrogens with zero attached hydrogens (tertiary/aromatic N) is 1. The highest BCUT2D eigenvalue weighted by Crippen LogP contribution is 2.53. The van der Waals surface area contributed by atoms with E-state index in [4.69, 9.17) is 20.0 Å². The molecule has 11 nitrogen and oxygen atoms in total. The van der Waals surface area contributed by atoms with Crippen molar-refractivity contribution in [1.29, 1.82) is 0 Å². The molecule has 47 heavy (non-hydrogen) atoms. The van der Waals surface area contributed by atoms with Gasteiger partial charge >= 0.3 is 0 Å². The van der Waals surface area contributed by atoms with Crippen molar-refractivity contribution in [2.24, 2.45) is 11.7 Å². The minimum absolute atomic E-state index is 0.223. The first-order valence-corrected chi connectivity index (χ1v) is 16.6. The monoisotopic (exact) mass is 646 g/mol. The van der Waals surface area contributed by atoms with Gasteiger partial charge < -0.3 is 30.9 Å². The van der Waals surface area contributed by atoms with E-state index in [9.17, 15) is 19.5 Å². The van der Waals surface area contributed by atoms with E-state index in [0.29, 0.717) is 38.8 Å². The zero-order chi connectivity index (χ0) is 33.4. The maximum atomic E-state index is 14.0. The van der Waals surface area contributed by atoms with Gasteiger partial charge in [-0.2, -0.15) is 5.06 Å². The van der Waals surface area contributed by atoms with Crippen LogP contribution in [-0.4, -0.2) is 78.0 Å². The Labute approximate surface area is 276 Å². The van der Waals surface area contributed by atoms with E-state index in [2.05, 4.69) is 29.4 Å². The van der Waals surface area contributed by atoms with E-state index in [1.54, 1.807) is 12.2 Å². The number of aliphatic hydroxyl groups excluding tert-OH is 1. The Morgan fingerprint density at radius 3 is 2.49 bits per heavy atom. The van der Waals surface area contributed by atoms with Crippen LogP contribution in [-0.2, 0) is 36.9 Å². The van der Waals surface area contributed by atoms with Crippen molar-refractivity contribution in [2.45, 2.75) is 94.8 Å². The number of hydroxylamine groups is 2. The summed E-state index contributed by atoms with van der Waals surface area (Å²) >= 11 is 0. The Balaban J connectivity index is 1.34. The summed E-state index contributed by atoms with van der Waals surface area (Å²) in [7, 11) is 1.61. The van der Waals surface area contributed by atoms with Crippen LogP contribution in [0.5, 0.6) is 5.75 Å². The van der Waals surface area contributed by atoms with Crippen molar-refractivity contribution < 1.29 is 33.8 Å². The average Bonchev–Trinajstić information content (AvgIpc) is 3.76. The highest BCUT2D eigenvalue weighted by atomic mass is 16.7. The number of rotatable bonds is 15. The van der Waals surface area contributed by atoms with Gasteiger partial charge in [0.05, 0.1) is 31.8 Å². The van der Waals surface area contributed by atoms with Crippen LogP contribution in [0.15, 0.2) is 48.5 Å². The summed E-state index contributed by atoms with van der Waals surface area (Å²) in [6.07, 6.45) is 3.09. The minimum Gasteiger partial charge on any atom is -0.497 e. The second-order valence-corrected chi connectivity index (χ2v) is 12.5. The number of epoxide rings is 1. The normalized spacial score (nSPS) is 25.9. The summed E-state index contributed by atoms with van der Waals surface area (Å²) in [5, 5.41) is 19.1. The SMILES string of the molecule is CCCC#Cc1ccc(CN2O[C@@]3(C(=O)NCCCCCC(N)=O)C[C@@H]4O[C@@H]4[C@@H](O)[C@H]3[C@H]2C(=O)NCCc2ccc(OC)cc2)cc1. The number of hydrogen-bond donors (Lipinski definition) is 4. The Kier molecular flexibility index (Phi) is 11.5. The summed E-state index contributed by atoms with van der Waals surface area (Å²) in [5.74, 6) is 5.15. The fraction of sp³-hybridized carbons (Fsp3) is 0.528. The van der Waals surface area contributed by atoms with E-state index < -0.39 is 29.8 Å². The number of nitrogens with one attached hydrogen (secondary N) is 2. The number of primary amides is 1. The number of methoxy groups -OCH3 is 1. The number of nitrogens with two attached hydrogens (primary N) is 1. The van der Waals surface area contributed by atoms with Gasteiger partial charge in [-0.1, -0.05) is 49.5 Å². The molecule has 0 radical (unpaired) electrons. The van der Waals surface area contributed by atoms with Crippen LogP contribution in [0.3, 0.4) is 0 Å². The summed E-state index contributed by atoms with van der Waals surface area (Å²) in [5.41, 5.74) is 6.55. The molecule has 252 valence electrons. The Morgan fingerprint density at radius 1 is 1.04 bits per heavy atom. The van der Waals surface area contributed by atoms with Crippen LogP contribution in [0.25, 0.3) is 0 Å². The number of carbonyl (C=O) groups excluding carboxylic acids is 3. The molecule has 0 bridgehead atoms. The molecule has 1 saturated carbocycles. The van der Waals surface area contributed by atoms with Gasteiger partial charge in [-0.25, -0.2) is 0 Å². The highest BCUT2D eigenvalue weighted by molar-refractivity contribution is 5.90. The molecule has 3 aliphatic rings. The van der Waals surface area contributed by atoms with Crippen molar-refractivity contribution in [3.8, 4) is 17.6 Å². The molecule has 6 atom stereocenters. The molecule has 0 unspecified atom stereocenters. The van der Waals surface area contributed by atoms with Gasteiger partial charge in [-0.05, 0) is 61.1 Å². The lowest BCUT2D eigenvalue weighted by atomic mass is 9.70. The van der Waals surface area contributed by atoms with Crippen molar-refractivity contribution in [1.82, 2.24) is 15.7 Å². The highest BCUT2D eigenvalue weighted by Gasteiger charge is 2.72. The first-order valence-electron chi connectivity index (χ1n) is 16.6. The van der Waals surface area contributed by atoms with Crippen LogP contribution in [0.1, 0.15) is 68.6 Å². The third kappa shape index (κ3) is 8.32. The maximum absolute atomic E-state index is 14.0. The summed E-state index contributed by atoms with van der Waals surface area (Å²) in [6, 6.07) is 14.4. The Morgan fingerprint density at radius 2 is 1.79 bits per heavy atom. The molecule has 0 aromatic heterocycles. The minimum atomic E-state index is -1.49. The number of carbonyl (C=O) groups is 3. The molecule has 1 aliphatic carbocycles. The van der Waals surface area contributed by atoms with E-state index in [1.807, 2.05) is 48.5 Å². The molecule has 5 rings (SSSR count). The average molecular weight is 647 g/mol. The van der Waals surface area contributed by atoms with Gasteiger partial charge in [0.2, 0.25) is 11.8 Å². The first kappa shape index (κ1) is 34.4. The molecular weight excluding hydrogens is 600 g/mol. The van der Waals surface area contributed by atoms with Gasteiger partial charge in [0.25, 0.3) is 5.91 Å². The van der Waals surface area contributed by atoms with Crippen LogP contribution >= 0.6 is 0 Å². The van der Waals surface area contributed by atoms with Crippen molar-refractivity contribution in [3.63, 3.8) is 0 Å². The number of ether oxygens (including phenoxy) is 2. The third-order valence-electron chi connectivity index (χ3n) is 9.11. The topological polar surface area (TPSA) is 156 Å². The predicted octanol–water partition coefficient (Wildman–Crippen LogP) is 2.37. The lowest BCUT2D eigenvalue weighted by Gasteiger charge is -2.37. The Bertz CT molecular complexity index is 1450. The van der Waals surface area contributed by atoms with Crippen LogP contribution in [0.2, 0.25) is 0 Å². The van der Waals surface area contributed by atoms with E-state index in [0.717, 1.165) is 41.7 Å². The summed E-state index contributed by atoms with van der Waals surface area (Å²) < 4.78 is 11.0. The number of hydrogen-bond acceptors (Lipinski definition) is 8. The molecule has 2 aliphatic heterocycles. The lowest BCUT2D eigenvalue weighted by Crippen LogP contribution is -2.61. The Hall–Kier alpha value is -3.95. The third-order valence-corrected chi connectivity index (χ3v) is 9.11. The predicted molar refractivity (Wildman–Crippen MR) is 175 cm³/mol. The van der Waals surface area contributed by atoms with Crippen molar-refractivity contribution in [3.05, 3.63) is 65.2 Å². The molecule has 2 aromatic rings. The number of aliphatic hydroxyl groups is 1. The molecular formula is C36H46N4O7. The molecule has 2 saturated heterocycles. The molecule has 5 N–H and O–H groups in total. The largest absolute Gasteiger partial charge is 0.497 e. The summed E-state index contributed by atoms with van der Waals surface area (Å²) in [6.45, 7) is 3.03. The molecule has 2 heterocycles. The number of benzene rings is 2. The quantitative estimate of drug-likeness (QED) is 0.131. The van der Waals surface area contributed by atoms with Gasteiger partial charge in [-0.3, -0.25) is 19.2 Å². The van der Waals surface area contributed by atoms with E-state index >= 15 is 0 Å². The number of fused-ring (bicyclic) bond motifs is 2. The van der Waals surface area contributed by atoms with Gasteiger partial charge in [0.15, 0.2) is 5.60 Å². The number of amides is 3. The second kappa shape index (κ2) is 15.8. The molecule has 3 fully saturated rings. The first-order chi connectivity index (χ1) is 22.8. The molecule has 3 amide bonds. The zero-order valence-electron chi connectivity index (χ0n) is 27.2. The number of unbranched alkanes of at least 4 members (excludes halogenated alkanes) is 3.